The van der Waals surface area contributed by atoms with E-state index in [0.29, 0.717) is 20.7 Å². The molecule has 0 saturated carbocycles. The molecule has 8 heteroatoms. The Bertz CT molecular complexity index is 989. The number of amides is 1. The molecule has 0 fully saturated rings. The van der Waals surface area contributed by atoms with E-state index in [2.05, 4.69) is 34.6 Å². The number of hydrogen-bond donors (Lipinski definition) is 1. The number of thioether (sulfide) groups is 1. The standard InChI is InChI=1S/C19H15Cl2N3OS2/c1-12-4-2-3-5-14(12)11-26-19-24-23-18(27-19)22-17(25)9-7-13-6-8-15(20)10-16(13)21/h2-10H,11H2,1H3,(H,22,23,25)/b9-7+. The maximum Gasteiger partial charge on any atom is 0.250 e. The van der Waals surface area contributed by atoms with Crippen LogP contribution in [0.5, 0.6) is 0 Å². The molecule has 0 atom stereocenters. The summed E-state index contributed by atoms with van der Waals surface area (Å²) in [6.07, 6.45) is 3.03. The van der Waals surface area contributed by atoms with Gasteiger partial charge in [-0.3, -0.25) is 10.1 Å². The first kappa shape index (κ1) is 19.9. The molecule has 1 amide bonds. The largest absolute Gasteiger partial charge is 0.297 e. The van der Waals surface area contributed by atoms with Crippen LogP contribution in [0.4, 0.5) is 5.13 Å². The third kappa shape index (κ3) is 5.81. The highest BCUT2D eigenvalue weighted by Gasteiger charge is 2.08. The maximum atomic E-state index is 12.1. The van der Waals surface area contributed by atoms with Crippen LogP contribution in [0.15, 0.2) is 52.9 Å². The first-order chi connectivity index (χ1) is 13.0. The molecule has 0 bridgehead atoms. The summed E-state index contributed by atoms with van der Waals surface area (Å²) in [7, 11) is 0. The van der Waals surface area contributed by atoms with E-state index in [1.807, 2.05) is 12.1 Å². The van der Waals surface area contributed by atoms with Crippen LogP contribution < -0.4 is 5.32 Å². The van der Waals surface area contributed by atoms with E-state index in [9.17, 15) is 4.79 Å². The molecular formula is C19H15Cl2N3OS2. The minimum Gasteiger partial charge on any atom is -0.297 e. The monoisotopic (exact) mass is 435 g/mol. The van der Waals surface area contributed by atoms with E-state index in [-0.39, 0.29) is 5.91 Å². The summed E-state index contributed by atoms with van der Waals surface area (Å²) < 4.78 is 0.804. The number of aryl methyl sites for hydroxylation is 1. The van der Waals surface area contributed by atoms with Crippen molar-refractivity contribution in [1.82, 2.24) is 10.2 Å². The van der Waals surface area contributed by atoms with Crippen LogP contribution in [-0.2, 0) is 10.5 Å². The zero-order valence-electron chi connectivity index (χ0n) is 14.3. The minimum atomic E-state index is -0.298. The molecule has 3 rings (SSSR count). The van der Waals surface area contributed by atoms with Crippen molar-refractivity contribution < 1.29 is 4.79 Å². The Morgan fingerprint density at radius 1 is 1.22 bits per heavy atom. The van der Waals surface area contributed by atoms with Gasteiger partial charge in [0.15, 0.2) is 4.34 Å². The molecule has 3 aromatic rings. The molecule has 0 aliphatic rings. The second-order valence-corrected chi connectivity index (χ2v) is 8.62. The molecule has 0 saturated heterocycles. The van der Waals surface area contributed by atoms with Gasteiger partial charge >= 0.3 is 0 Å². The van der Waals surface area contributed by atoms with E-state index < -0.39 is 0 Å². The molecule has 2 aromatic carbocycles. The number of halogens is 2. The predicted octanol–water partition coefficient (Wildman–Crippen LogP) is 6.10. The van der Waals surface area contributed by atoms with Gasteiger partial charge in [0.1, 0.15) is 0 Å². The second-order valence-electron chi connectivity index (χ2n) is 5.58. The molecule has 0 unspecified atom stereocenters. The number of carbonyl (C=O) groups is 1. The molecule has 27 heavy (non-hydrogen) atoms. The van der Waals surface area contributed by atoms with Crippen molar-refractivity contribution in [1.29, 1.82) is 0 Å². The molecular weight excluding hydrogens is 421 g/mol. The van der Waals surface area contributed by atoms with Crippen molar-refractivity contribution in [3.05, 3.63) is 75.3 Å². The Kier molecular flexibility index (Phi) is 6.90. The van der Waals surface area contributed by atoms with E-state index in [4.69, 9.17) is 23.2 Å². The third-order valence-electron chi connectivity index (χ3n) is 3.63. The number of hydrogen-bond acceptors (Lipinski definition) is 5. The Morgan fingerprint density at radius 2 is 2.04 bits per heavy atom. The lowest BCUT2D eigenvalue weighted by Crippen LogP contribution is -2.07. The van der Waals surface area contributed by atoms with Gasteiger partial charge in [-0.05, 0) is 41.8 Å². The highest BCUT2D eigenvalue weighted by Crippen LogP contribution is 2.29. The average Bonchev–Trinajstić information content (AvgIpc) is 3.07. The number of carbonyl (C=O) groups excluding carboxylic acids is 1. The Hall–Kier alpha value is -1.86. The number of nitrogens with zero attached hydrogens (tertiary/aromatic N) is 2. The van der Waals surface area contributed by atoms with E-state index in [1.54, 1.807) is 36.0 Å². The van der Waals surface area contributed by atoms with Crippen molar-refractivity contribution in [2.45, 2.75) is 17.0 Å². The zero-order valence-corrected chi connectivity index (χ0v) is 17.4. The van der Waals surface area contributed by atoms with E-state index >= 15 is 0 Å². The number of anilines is 1. The summed E-state index contributed by atoms with van der Waals surface area (Å²) in [5.74, 6) is 0.511. The molecule has 0 aliphatic heterocycles. The van der Waals surface area contributed by atoms with Gasteiger partial charge in [0.05, 0.1) is 0 Å². The molecule has 1 heterocycles. The van der Waals surface area contributed by atoms with Gasteiger partial charge < -0.3 is 0 Å². The fourth-order valence-electron chi connectivity index (χ4n) is 2.18. The van der Waals surface area contributed by atoms with Crippen LogP contribution in [0.2, 0.25) is 10.0 Å². The first-order valence-electron chi connectivity index (χ1n) is 7.96. The van der Waals surface area contributed by atoms with Crippen molar-refractivity contribution >= 4 is 63.4 Å². The molecule has 0 aliphatic carbocycles. The Morgan fingerprint density at radius 3 is 2.81 bits per heavy atom. The summed E-state index contributed by atoms with van der Waals surface area (Å²) >= 11 is 14.9. The van der Waals surface area contributed by atoms with Gasteiger partial charge in [-0.15, -0.1) is 10.2 Å². The molecule has 1 N–H and O–H groups in total. The molecule has 4 nitrogen and oxygen atoms in total. The summed E-state index contributed by atoms with van der Waals surface area (Å²) in [6.45, 7) is 2.08. The normalized spacial score (nSPS) is 11.1. The highest BCUT2D eigenvalue weighted by atomic mass is 35.5. The molecule has 0 spiro atoms. The lowest BCUT2D eigenvalue weighted by Gasteiger charge is -2.02. The van der Waals surface area contributed by atoms with E-state index in [1.165, 1.54) is 28.5 Å². The number of nitrogens with one attached hydrogen (secondary N) is 1. The number of aromatic nitrogens is 2. The van der Waals surface area contributed by atoms with Crippen molar-refractivity contribution in [2.75, 3.05) is 5.32 Å². The summed E-state index contributed by atoms with van der Waals surface area (Å²) in [6, 6.07) is 13.3. The SMILES string of the molecule is Cc1ccccc1CSc1nnc(NC(=O)/C=C/c2ccc(Cl)cc2Cl)s1. The van der Waals surface area contributed by atoms with Crippen LogP contribution in [0.25, 0.3) is 6.08 Å². The van der Waals surface area contributed by atoms with Crippen LogP contribution in [0.3, 0.4) is 0 Å². The van der Waals surface area contributed by atoms with Crippen molar-refractivity contribution in [3.8, 4) is 0 Å². The Labute approximate surface area is 175 Å². The number of rotatable bonds is 6. The average molecular weight is 436 g/mol. The van der Waals surface area contributed by atoms with Crippen molar-refractivity contribution in [3.63, 3.8) is 0 Å². The fourth-order valence-corrected chi connectivity index (χ4v) is 4.48. The third-order valence-corrected chi connectivity index (χ3v) is 6.21. The second kappa shape index (κ2) is 9.37. The van der Waals surface area contributed by atoms with Crippen LogP contribution in [-0.4, -0.2) is 16.1 Å². The quantitative estimate of drug-likeness (QED) is 0.288. The fraction of sp³-hybridized carbons (Fsp3) is 0.105. The van der Waals surface area contributed by atoms with Crippen molar-refractivity contribution in [2.24, 2.45) is 0 Å². The number of benzene rings is 2. The molecule has 0 radical (unpaired) electrons. The summed E-state index contributed by atoms with van der Waals surface area (Å²) in [4.78, 5) is 12.1. The van der Waals surface area contributed by atoms with Crippen LogP contribution in [0.1, 0.15) is 16.7 Å². The first-order valence-corrected chi connectivity index (χ1v) is 10.5. The van der Waals surface area contributed by atoms with E-state index in [0.717, 1.165) is 10.1 Å². The summed E-state index contributed by atoms with van der Waals surface area (Å²) in [5.41, 5.74) is 3.21. The topological polar surface area (TPSA) is 54.9 Å². The minimum absolute atomic E-state index is 0.298. The summed E-state index contributed by atoms with van der Waals surface area (Å²) in [5, 5.41) is 12.3. The van der Waals surface area contributed by atoms with Gasteiger partial charge in [0.2, 0.25) is 11.0 Å². The van der Waals surface area contributed by atoms with Gasteiger partial charge in [-0.1, -0.05) is 76.6 Å². The zero-order chi connectivity index (χ0) is 19.2. The van der Waals surface area contributed by atoms with Gasteiger partial charge in [0.25, 0.3) is 0 Å². The Balaban J connectivity index is 1.56. The van der Waals surface area contributed by atoms with Crippen LogP contribution in [0, 0.1) is 6.92 Å². The predicted molar refractivity (Wildman–Crippen MR) is 115 cm³/mol. The highest BCUT2D eigenvalue weighted by molar-refractivity contribution is 8.00. The van der Waals surface area contributed by atoms with Crippen LogP contribution >= 0.6 is 46.3 Å². The van der Waals surface area contributed by atoms with Gasteiger partial charge in [-0.25, -0.2) is 0 Å². The molecule has 1 aromatic heterocycles. The molecule has 138 valence electrons. The lowest BCUT2D eigenvalue weighted by atomic mass is 10.1. The maximum absolute atomic E-state index is 12.1. The lowest BCUT2D eigenvalue weighted by molar-refractivity contribution is -0.111. The van der Waals surface area contributed by atoms with Gasteiger partial charge in [0, 0.05) is 21.9 Å². The van der Waals surface area contributed by atoms with Gasteiger partial charge in [-0.2, -0.15) is 0 Å². The smallest absolute Gasteiger partial charge is 0.250 e.